The number of hydrogen-bond acceptors (Lipinski definition) is 3. The van der Waals surface area contributed by atoms with Gasteiger partial charge in [0, 0.05) is 24.3 Å². The SMILES string of the molecule is CCN(CC)c1ccc(C(=O)NC(C)(CC)CO)cc1. The monoisotopic (exact) mass is 278 g/mol. The van der Waals surface area contributed by atoms with E-state index in [9.17, 15) is 9.90 Å². The van der Waals surface area contributed by atoms with Gasteiger partial charge in [-0.15, -0.1) is 0 Å². The van der Waals surface area contributed by atoms with Crippen LogP contribution in [0.4, 0.5) is 5.69 Å². The van der Waals surface area contributed by atoms with E-state index in [2.05, 4.69) is 24.1 Å². The fourth-order valence-electron chi connectivity index (χ4n) is 2.00. The zero-order valence-corrected chi connectivity index (χ0v) is 12.9. The van der Waals surface area contributed by atoms with Crippen LogP contribution in [0.3, 0.4) is 0 Å². The van der Waals surface area contributed by atoms with Gasteiger partial charge in [0.2, 0.25) is 0 Å². The summed E-state index contributed by atoms with van der Waals surface area (Å²) in [5, 5.41) is 12.2. The third-order valence-corrected chi connectivity index (χ3v) is 3.80. The van der Waals surface area contributed by atoms with Gasteiger partial charge in [0.15, 0.2) is 0 Å². The topological polar surface area (TPSA) is 52.6 Å². The van der Waals surface area contributed by atoms with Crippen molar-refractivity contribution in [3.8, 4) is 0 Å². The largest absolute Gasteiger partial charge is 0.394 e. The minimum Gasteiger partial charge on any atom is -0.394 e. The second-order valence-electron chi connectivity index (χ2n) is 5.25. The number of aliphatic hydroxyl groups excluding tert-OH is 1. The molecule has 0 aliphatic carbocycles. The summed E-state index contributed by atoms with van der Waals surface area (Å²) in [5.41, 5.74) is 1.18. The molecule has 0 saturated carbocycles. The summed E-state index contributed by atoms with van der Waals surface area (Å²) >= 11 is 0. The molecule has 0 aromatic heterocycles. The zero-order chi connectivity index (χ0) is 15.2. The van der Waals surface area contributed by atoms with E-state index in [0.717, 1.165) is 18.8 Å². The van der Waals surface area contributed by atoms with Crippen LogP contribution in [0.15, 0.2) is 24.3 Å². The lowest BCUT2D eigenvalue weighted by Crippen LogP contribution is -2.48. The number of hydrogen-bond donors (Lipinski definition) is 2. The molecule has 20 heavy (non-hydrogen) atoms. The first-order chi connectivity index (χ1) is 9.49. The Morgan fingerprint density at radius 2 is 1.75 bits per heavy atom. The summed E-state index contributed by atoms with van der Waals surface area (Å²) in [6, 6.07) is 7.58. The molecule has 0 spiro atoms. The molecule has 1 unspecified atom stereocenters. The van der Waals surface area contributed by atoms with Gasteiger partial charge < -0.3 is 15.3 Å². The maximum absolute atomic E-state index is 12.2. The number of nitrogens with zero attached hydrogens (tertiary/aromatic N) is 1. The fourth-order valence-corrected chi connectivity index (χ4v) is 2.00. The quantitative estimate of drug-likeness (QED) is 0.805. The molecule has 0 aliphatic rings. The fraction of sp³-hybridized carbons (Fsp3) is 0.562. The molecule has 0 aliphatic heterocycles. The first-order valence-corrected chi connectivity index (χ1v) is 7.28. The van der Waals surface area contributed by atoms with Crippen LogP contribution in [0, 0.1) is 0 Å². The van der Waals surface area contributed by atoms with E-state index in [1.165, 1.54) is 0 Å². The maximum atomic E-state index is 12.2. The molecule has 0 fully saturated rings. The number of carbonyl (C=O) groups excluding carboxylic acids is 1. The Hall–Kier alpha value is -1.55. The van der Waals surface area contributed by atoms with E-state index in [-0.39, 0.29) is 12.5 Å². The van der Waals surface area contributed by atoms with E-state index in [1.807, 2.05) is 38.1 Å². The van der Waals surface area contributed by atoms with Crippen molar-refractivity contribution < 1.29 is 9.90 Å². The van der Waals surface area contributed by atoms with E-state index in [4.69, 9.17) is 0 Å². The average molecular weight is 278 g/mol. The highest BCUT2D eigenvalue weighted by Gasteiger charge is 2.23. The Morgan fingerprint density at radius 1 is 1.20 bits per heavy atom. The Bertz CT molecular complexity index is 421. The van der Waals surface area contributed by atoms with Crippen LogP contribution in [0.2, 0.25) is 0 Å². The molecular weight excluding hydrogens is 252 g/mol. The minimum atomic E-state index is -0.561. The lowest BCUT2D eigenvalue weighted by molar-refractivity contribution is 0.0847. The second kappa shape index (κ2) is 7.29. The van der Waals surface area contributed by atoms with Gasteiger partial charge in [-0.2, -0.15) is 0 Å². The zero-order valence-electron chi connectivity index (χ0n) is 12.9. The summed E-state index contributed by atoms with van der Waals surface area (Å²) in [6.07, 6.45) is 0.687. The molecule has 1 aromatic carbocycles. The Balaban J connectivity index is 2.80. The van der Waals surface area contributed by atoms with Crippen LogP contribution in [0.1, 0.15) is 44.5 Å². The van der Waals surface area contributed by atoms with Gasteiger partial charge >= 0.3 is 0 Å². The third kappa shape index (κ3) is 3.97. The first-order valence-electron chi connectivity index (χ1n) is 7.28. The Kier molecular flexibility index (Phi) is 6.02. The third-order valence-electron chi connectivity index (χ3n) is 3.80. The number of carbonyl (C=O) groups is 1. The number of benzene rings is 1. The van der Waals surface area contributed by atoms with Crippen molar-refractivity contribution in [2.24, 2.45) is 0 Å². The number of aliphatic hydroxyl groups is 1. The standard InChI is InChI=1S/C16H26N2O2/c1-5-16(4,12-19)17-15(20)13-8-10-14(11-9-13)18(6-2)7-3/h8-11,19H,5-7,12H2,1-4H3,(H,17,20). The molecular formula is C16H26N2O2. The van der Waals surface area contributed by atoms with Crippen molar-refractivity contribution in [3.63, 3.8) is 0 Å². The summed E-state index contributed by atoms with van der Waals surface area (Å²) < 4.78 is 0. The molecule has 0 bridgehead atoms. The molecule has 0 heterocycles. The van der Waals surface area contributed by atoms with Crippen molar-refractivity contribution in [3.05, 3.63) is 29.8 Å². The maximum Gasteiger partial charge on any atom is 0.251 e. The highest BCUT2D eigenvalue weighted by molar-refractivity contribution is 5.95. The molecule has 1 rings (SSSR count). The van der Waals surface area contributed by atoms with Crippen molar-refractivity contribution in [2.75, 3.05) is 24.6 Å². The Labute approximate surface area is 121 Å². The molecule has 2 N–H and O–H groups in total. The smallest absolute Gasteiger partial charge is 0.251 e. The lowest BCUT2D eigenvalue weighted by Gasteiger charge is -2.27. The lowest BCUT2D eigenvalue weighted by atomic mass is 9.99. The van der Waals surface area contributed by atoms with Crippen molar-refractivity contribution >= 4 is 11.6 Å². The van der Waals surface area contributed by atoms with Crippen molar-refractivity contribution in [1.82, 2.24) is 5.32 Å². The highest BCUT2D eigenvalue weighted by Crippen LogP contribution is 2.16. The van der Waals surface area contributed by atoms with Crippen molar-refractivity contribution in [2.45, 2.75) is 39.7 Å². The van der Waals surface area contributed by atoms with E-state index in [0.29, 0.717) is 12.0 Å². The summed E-state index contributed by atoms with van der Waals surface area (Å²) in [6.45, 7) is 9.83. The highest BCUT2D eigenvalue weighted by atomic mass is 16.3. The molecule has 4 heteroatoms. The van der Waals surface area contributed by atoms with E-state index >= 15 is 0 Å². The van der Waals surface area contributed by atoms with Gasteiger partial charge in [-0.05, 0) is 51.5 Å². The Morgan fingerprint density at radius 3 is 2.15 bits per heavy atom. The number of nitrogens with one attached hydrogen (secondary N) is 1. The number of anilines is 1. The summed E-state index contributed by atoms with van der Waals surface area (Å²) in [5.74, 6) is -0.144. The van der Waals surface area contributed by atoms with Crippen LogP contribution in [-0.2, 0) is 0 Å². The predicted octanol–water partition coefficient (Wildman–Crippen LogP) is 2.42. The normalized spacial score (nSPS) is 13.7. The molecule has 1 aromatic rings. The average Bonchev–Trinajstić information content (AvgIpc) is 2.49. The van der Waals surface area contributed by atoms with Crippen LogP contribution in [0.5, 0.6) is 0 Å². The number of amides is 1. The van der Waals surface area contributed by atoms with Gasteiger partial charge in [0.05, 0.1) is 12.1 Å². The van der Waals surface area contributed by atoms with E-state index < -0.39 is 5.54 Å². The van der Waals surface area contributed by atoms with Gasteiger partial charge in [0.25, 0.3) is 5.91 Å². The first kappa shape index (κ1) is 16.5. The molecule has 112 valence electrons. The van der Waals surface area contributed by atoms with Gasteiger partial charge in [0.1, 0.15) is 0 Å². The minimum absolute atomic E-state index is 0.0627. The van der Waals surface area contributed by atoms with Gasteiger partial charge in [-0.25, -0.2) is 0 Å². The molecule has 1 atom stereocenters. The van der Waals surface area contributed by atoms with Gasteiger partial charge in [-0.1, -0.05) is 6.92 Å². The molecule has 1 amide bonds. The summed E-state index contributed by atoms with van der Waals surface area (Å²) in [4.78, 5) is 14.4. The second-order valence-corrected chi connectivity index (χ2v) is 5.25. The van der Waals surface area contributed by atoms with Gasteiger partial charge in [-0.3, -0.25) is 4.79 Å². The molecule has 0 radical (unpaired) electrons. The van der Waals surface area contributed by atoms with E-state index in [1.54, 1.807) is 0 Å². The van der Waals surface area contributed by atoms with Crippen LogP contribution in [-0.4, -0.2) is 36.2 Å². The predicted molar refractivity (Wildman–Crippen MR) is 83.3 cm³/mol. The van der Waals surface area contributed by atoms with Crippen LogP contribution >= 0.6 is 0 Å². The molecule has 0 saturated heterocycles. The number of rotatable bonds is 7. The summed E-state index contributed by atoms with van der Waals surface area (Å²) in [7, 11) is 0. The molecule has 4 nitrogen and oxygen atoms in total. The van der Waals surface area contributed by atoms with Crippen LogP contribution < -0.4 is 10.2 Å². The van der Waals surface area contributed by atoms with Crippen molar-refractivity contribution in [1.29, 1.82) is 0 Å². The van der Waals surface area contributed by atoms with Crippen LogP contribution in [0.25, 0.3) is 0 Å².